The molecule has 1 aromatic carbocycles. The maximum Gasteiger partial charge on any atom is 0.307 e. The van der Waals surface area contributed by atoms with Crippen LogP contribution in [0.15, 0.2) is 18.2 Å². The van der Waals surface area contributed by atoms with Crippen LogP contribution in [0.25, 0.3) is 0 Å². The van der Waals surface area contributed by atoms with E-state index in [1.54, 1.807) is 23.1 Å². The zero-order chi connectivity index (χ0) is 16.9. The number of nitrogens with zero attached hydrogens (tertiary/aromatic N) is 1. The Labute approximate surface area is 138 Å². The van der Waals surface area contributed by atoms with Gasteiger partial charge < -0.3 is 20.1 Å². The topological polar surface area (TPSA) is 95.9 Å². The lowest BCUT2D eigenvalue weighted by atomic mass is 9.90. The molecule has 2 N–H and O–H groups in total. The van der Waals surface area contributed by atoms with Crippen molar-refractivity contribution in [3.63, 3.8) is 0 Å². The van der Waals surface area contributed by atoms with Crippen LogP contribution in [0.4, 0.5) is 5.69 Å². The van der Waals surface area contributed by atoms with Crippen molar-refractivity contribution < 1.29 is 24.2 Å². The van der Waals surface area contributed by atoms with Crippen LogP contribution in [0.5, 0.6) is 5.75 Å². The third-order valence-corrected chi connectivity index (χ3v) is 5.40. The van der Waals surface area contributed by atoms with Gasteiger partial charge >= 0.3 is 5.97 Å². The number of ether oxygens (including phenoxy) is 1. The lowest BCUT2D eigenvalue weighted by Gasteiger charge is -2.33. The number of fused-ring (bicyclic) bond motifs is 1. The predicted molar refractivity (Wildman–Crippen MR) is 83.9 cm³/mol. The fraction of sp³-hybridized carbons (Fsp3) is 0.471. The fourth-order valence-electron chi connectivity index (χ4n) is 3.79. The highest BCUT2D eigenvalue weighted by Gasteiger charge is 2.59. The van der Waals surface area contributed by atoms with E-state index in [2.05, 4.69) is 5.32 Å². The normalized spacial score (nSPS) is 23.9. The molecule has 1 saturated carbocycles. The molecule has 1 spiro atoms. The molecule has 1 saturated heterocycles. The maximum absolute atomic E-state index is 12.7. The third-order valence-electron chi connectivity index (χ3n) is 5.40. The molecule has 2 amide bonds. The summed E-state index contributed by atoms with van der Waals surface area (Å²) >= 11 is 0. The summed E-state index contributed by atoms with van der Waals surface area (Å²) in [6.07, 6.45) is 2.22. The van der Waals surface area contributed by atoms with E-state index in [0.717, 1.165) is 19.3 Å². The Kier molecular flexibility index (Phi) is 3.26. The van der Waals surface area contributed by atoms with E-state index in [-0.39, 0.29) is 29.8 Å². The van der Waals surface area contributed by atoms with Gasteiger partial charge in [0.25, 0.3) is 11.8 Å². The maximum atomic E-state index is 12.7. The number of carboxylic acid groups (broad SMARTS) is 1. The minimum atomic E-state index is -0.719. The number of aliphatic carboxylic acids is 1. The van der Waals surface area contributed by atoms with Crippen LogP contribution in [0.1, 0.15) is 29.6 Å². The van der Waals surface area contributed by atoms with Crippen molar-refractivity contribution in [3.8, 4) is 5.75 Å². The number of nitrogens with one attached hydrogen (secondary N) is 1. The van der Waals surface area contributed by atoms with Gasteiger partial charge in [-0.3, -0.25) is 14.4 Å². The Morgan fingerprint density at radius 1 is 1.29 bits per heavy atom. The van der Waals surface area contributed by atoms with Crippen molar-refractivity contribution in [2.24, 2.45) is 11.3 Å². The molecule has 1 atom stereocenters. The molecule has 126 valence electrons. The van der Waals surface area contributed by atoms with Crippen molar-refractivity contribution in [1.82, 2.24) is 4.90 Å². The summed E-state index contributed by atoms with van der Waals surface area (Å²) in [6.45, 7) is 1.11. The molecule has 0 radical (unpaired) electrons. The van der Waals surface area contributed by atoms with Crippen molar-refractivity contribution in [2.75, 3.05) is 25.0 Å². The SMILES string of the molecule is O=C1COc2cc(C(=O)N3CCC4(CC3)CC4C(=O)O)ccc2N1. The molecule has 7 heteroatoms. The Hall–Kier alpha value is -2.57. The van der Waals surface area contributed by atoms with Gasteiger partial charge in [-0.05, 0) is 42.9 Å². The quantitative estimate of drug-likeness (QED) is 0.853. The first-order chi connectivity index (χ1) is 11.5. The Morgan fingerprint density at radius 2 is 2.04 bits per heavy atom. The van der Waals surface area contributed by atoms with Crippen LogP contribution >= 0.6 is 0 Å². The van der Waals surface area contributed by atoms with Gasteiger partial charge in [0, 0.05) is 18.7 Å². The van der Waals surface area contributed by atoms with Gasteiger partial charge in [0.05, 0.1) is 11.6 Å². The first-order valence-corrected chi connectivity index (χ1v) is 8.07. The molecule has 2 aliphatic heterocycles. The van der Waals surface area contributed by atoms with Crippen molar-refractivity contribution in [2.45, 2.75) is 19.3 Å². The number of carbonyl (C=O) groups excluding carboxylic acids is 2. The molecule has 7 nitrogen and oxygen atoms in total. The summed E-state index contributed by atoms with van der Waals surface area (Å²) < 4.78 is 5.35. The van der Waals surface area contributed by atoms with E-state index in [1.165, 1.54) is 0 Å². The molecule has 2 fully saturated rings. The second kappa shape index (κ2) is 5.22. The van der Waals surface area contributed by atoms with E-state index < -0.39 is 5.97 Å². The second-order valence-electron chi connectivity index (χ2n) is 6.80. The van der Waals surface area contributed by atoms with Gasteiger partial charge in [0.1, 0.15) is 5.75 Å². The largest absolute Gasteiger partial charge is 0.482 e. The van der Waals surface area contributed by atoms with Crippen molar-refractivity contribution >= 4 is 23.5 Å². The van der Waals surface area contributed by atoms with Gasteiger partial charge in [-0.1, -0.05) is 0 Å². The van der Waals surface area contributed by atoms with Gasteiger partial charge in [-0.2, -0.15) is 0 Å². The monoisotopic (exact) mass is 330 g/mol. The summed E-state index contributed by atoms with van der Waals surface area (Å²) in [5.41, 5.74) is 1.00. The lowest BCUT2D eigenvalue weighted by Crippen LogP contribution is -2.40. The number of amides is 2. The summed E-state index contributed by atoms with van der Waals surface area (Å²) in [5.74, 6) is -0.748. The Bertz CT molecular complexity index is 736. The summed E-state index contributed by atoms with van der Waals surface area (Å²) in [7, 11) is 0. The van der Waals surface area contributed by atoms with E-state index in [4.69, 9.17) is 9.84 Å². The molecule has 1 aromatic rings. The molecule has 3 aliphatic rings. The first kappa shape index (κ1) is 15.0. The van der Waals surface area contributed by atoms with Crippen LogP contribution in [0.2, 0.25) is 0 Å². The van der Waals surface area contributed by atoms with E-state index in [9.17, 15) is 14.4 Å². The number of piperidine rings is 1. The average molecular weight is 330 g/mol. The second-order valence-corrected chi connectivity index (χ2v) is 6.80. The number of likely N-dealkylation sites (tertiary alicyclic amines) is 1. The minimum Gasteiger partial charge on any atom is -0.482 e. The molecular weight excluding hydrogens is 312 g/mol. The number of benzene rings is 1. The van der Waals surface area contributed by atoms with Crippen LogP contribution in [-0.4, -0.2) is 47.5 Å². The van der Waals surface area contributed by atoms with Crippen LogP contribution in [0, 0.1) is 11.3 Å². The van der Waals surface area contributed by atoms with E-state index >= 15 is 0 Å². The Morgan fingerprint density at radius 3 is 2.71 bits per heavy atom. The fourth-order valence-corrected chi connectivity index (χ4v) is 3.79. The van der Waals surface area contributed by atoms with Gasteiger partial charge in [0.2, 0.25) is 0 Å². The number of rotatable bonds is 2. The first-order valence-electron chi connectivity index (χ1n) is 8.07. The van der Waals surface area contributed by atoms with Gasteiger partial charge in [-0.15, -0.1) is 0 Å². The number of anilines is 1. The summed E-state index contributed by atoms with van der Waals surface area (Å²) in [6, 6.07) is 5.00. The molecule has 2 heterocycles. The van der Waals surface area contributed by atoms with Gasteiger partial charge in [-0.25, -0.2) is 0 Å². The van der Waals surface area contributed by atoms with Crippen LogP contribution in [-0.2, 0) is 9.59 Å². The van der Waals surface area contributed by atoms with Crippen LogP contribution < -0.4 is 10.1 Å². The van der Waals surface area contributed by atoms with E-state index in [1.807, 2.05) is 0 Å². The number of hydrogen-bond donors (Lipinski definition) is 2. The smallest absolute Gasteiger partial charge is 0.307 e. The van der Waals surface area contributed by atoms with Gasteiger partial charge in [0.15, 0.2) is 6.61 Å². The lowest BCUT2D eigenvalue weighted by molar-refractivity contribution is -0.139. The number of carbonyl (C=O) groups is 3. The standard InChI is InChI=1S/C17H18N2O5/c20-14-9-24-13-7-10(1-2-12(13)18-14)15(21)19-5-3-17(4-6-19)8-11(17)16(22)23/h1-2,7,11H,3-6,8-9H2,(H,18,20)(H,22,23). The average Bonchev–Trinajstić information content (AvgIpc) is 3.28. The third kappa shape index (κ3) is 2.40. The summed E-state index contributed by atoms with van der Waals surface area (Å²) in [4.78, 5) is 36.8. The molecule has 1 unspecified atom stereocenters. The predicted octanol–water partition coefficient (Wildman–Crippen LogP) is 1.34. The minimum absolute atomic E-state index is 0.0482. The number of hydrogen-bond acceptors (Lipinski definition) is 4. The molecule has 1 aliphatic carbocycles. The molecular formula is C17H18N2O5. The molecule has 24 heavy (non-hydrogen) atoms. The highest BCUT2D eigenvalue weighted by molar-refractivity contribution is 5.99. The number of carboxylic acids is 1. The van der Waals surface area contributed by atoms with Crippen LogP contribution in [0.3, 0.4) is 0 Å². The zero-order valence-corrected chi connectivity index (χ0v) is 13.1. The highest BCUT2D eigenvalue weighted by atomic mass is 16.5. The zero-order valence-electron chi connectivity index (χ0n) is 13.1. The van der Waals surface area contributed by atoms with Crippen molar-refractivity contribution in [1.29, 1.82) is 0 Å². The highest BCUT2D eigenvalue weighted by Crippen LogP contribution is 2.59. The van der Waals surface area contributed by atoms with E-state index in [0.29, 0.717) is 30.1 Å². The summed E-state index contributed by atoms with van der Waals surface area (Å²) in [5, 5.41) is 11.8. The Balaban J connectivity index is 1.44. The molecule has 0 aromatic heterocycles. The molecule has 4 rings (SSSR count). The van der Waals surface area contributed by atoms with Crippen molar-refractivity contribution in [3.05, 3.63) is 23.8 Å². The molecule has 0 bridgehead atoms.